The van der Waals surface area contributed by atoms with Gasteiger partial charge in [-0.2, -0.15) is 0 Å². The molecule has 1 unspecified atom stereocenters. The molecule has 232 valence electrons. The molecule has 5 rings (SSSR count). The molecule has 2 heterocycles. The summed E-state index contributed by atoms with van der Waals surface area (Å²) in [6.07, 6.45) is 3.10. The van der Waals surface area contributed by atoms with E-state index in [-0.39, 0.29) is 22.2 Å². The van der Waals surface area contributed by atoms with E-state index >= 15 is 0 Å². The van der Waals surface area contributed by atoms with Crippen molar-refractivity contribution in [2.24, 2.45) is 0 Å². The molecular weight excluding hydrogens is 588 g/mol. The number of thiazole rings is 1. The van der Waals surface area contributed by atoms with Gasteiger partial charge < -0.3 is 14.6 Å². The van der Waals surface area contributed by atoms with Crippen molar-refractivity contribution in [2.75, 3.05) is 11.5 Å². The van der Waals surface area contributed by atoms with E-state index in [4.69, 9.17) is 9.47 Å². The number of ketones is 2. The van der Waals surface area contributed by atoms with Crippen molar-refractivity contribution < 1.29 is 29.0 Å². The molecule has 1 fully saturated rings. The maximum absolute atomic E-state index is 13.6. The number of ether oxygens (including phenoxy) is 2. The smallest absolute Gasteiger partial charge is 0.301 e. The van der Waals surface area contributed by atoms with Gasteiger partial charge in [-0.25, -0.2) is 4.98 Å². The van der Waals surface area contributed by atoms with Crippen LogP contribution in [0.15, 0.2) is 78.4 Å². The summed E-state index contributed by atoms with van der Waals surface area (Å²) in [4.78, 5) is 45.5. The summed E-state index contributed by atoms with van der Waals surface area (Å²) in [5.41, 5.74) is 3.53. The lowest BCUT2D eigenvalue weighted by Gasteiger charge is -2.23. The molecule has 0 saturated carbocycles. The molecule has 9 heteroatoms. The van der Waals surface area contributed by atoms with Gasteiger partial charge in [-0.05, 0) is 67.8 Å². The Bertz CT molecular complexity index is 1740. The molecule has 0 bridgehead atoms. The van der Waals surface area contributed by atoms with Crippen LogP contribution < -0.4 is 14.4 Å². The standard InChI is InChI=1S/C36H36N2O6S/c1-5-6-7-19-43-28-15-11-26(12-16-28)31-30(33(41)35(42)38(31)36-37-23(3)34(45-36)24(4)39)32(40)27-13-17-29(18-14-27)44-21-25-10-8-9-22(2)20-25/h8-18,20,31,40H,5-7,19,21H2,1-4H3/b32-30+. The molecular formula is C36H36N2O6S. The number of nitrogens with zero attached hydrogens (tertiary/aromatic N) is 2. The fraction of sp³-hybridized carbons (Fsp3) is 0.278. The SMILES string of the molecule is CCCCCOc1ccc(C2/C(=C(\O)c3ccc(OCc4cccc(C)c4)cc3)C(=O)C(=O)N2c2nc(C)c(C(C)=O)s2)cc1. The van der Waals surface area contributed by atoms with Crippen LogP contribution in [-0.2, 0) is 16.2 Å². The van der Waals surface area contributed by atoms with E-state index in [2.05, 4.69) is 11.9 Å². The molecule has 1 amide bonds. The number of benzene rings is 3. The molecule has 45 heavy (non-hydrogen) atoms. The average Bonchev–Trinajstić information content (AvgIpc) is 3.54. The van der Waals surface area contributed by atoms with Gasteiger partial charge in [0, 0.05) is 12.5 Å². The zero-order valence-electron chi connectivity index (χ0n) is 25.8. The first-order chi connectivity index (χ1) is 21.7. The van der Waals surface area contributed by atoms with Crippen LogP contribution in [0, 0.1) is 13.8 Å². The summed E-state index contributed by atoms with van der Waals surface area (Å²) < 4.78 is 11.8. The van der Waals surface area contributed by atoms with E-state index in [9.17, 15) is 19.5 Å². The number of hydrogen-bond donors (Lipinski definition) is 1. The predicted octanol–water partition coefficient (Wildman–Crippen LogP) is 7.74. The molecule has 1 aliphatic heterocycles. The molecule has 1 atom stereocenters. The first-order valence-corrected chi connectivity index (χ1v) is 15.8. The fourth-order valence-electron chi connectivity index (χ4n) is 5.28. The Morgan fingerprint density at radius 3 is 2.29 bits per heavy atom. The number of anilines is 1. The van der Waals surface area contributed by atoms with E-state index in [0.29, 0.717) is 46.4 Å². The summed E-state index contributed by atoms with van der Waals surface area (Å²) in [7, 11) is 0. The van der Waals surface area contributed by atoms with Gasteiger partial charge in [0.15, 0.2) is 10.9 Å². The summed E-state index contributed by atoms with van der Waals surface area (Å²) in [5.74, 6) is -0.908. The Balaban J connectivity index is 1.49. The van der Waals surface area contributed by atoms with Crippen molar-refractivity contribution in [1.29, 1.82) is 0 Å². The van der Waals surface area contributed by atoms with Crippen LogP contribution in [0.4, 0.5) is 5.13 Å². The van der Waals surface area contributed by atoms with Crippen LogP contribution in [0.25, 0.3) is 5.76 Å². The Morgan fingerprint density at radius 2 is 1.64 bits per heavy atom. The van der Waals surface area contributed by atoms with Crippen LogP contribution in [0.1, 0.15) is 76.8 Å². The minimum absolute atomic E-state index is 0.0673. The Hall–Kier alpha value is -4.76. The zero-order chi connectivity index (χ0) is 32.1. The second kappa shape index (κ2) is 13.9. The Morgan fingerprint density at radius 1 is 0.956 bits per heavy atom. The van der Waals surface area contributed by atoms with Gasteiger partial charge in [-0.15, -0.1) is 0 Å². The first kappa shape index (κ1) is 31.7. The third kappa shape index (κ3) is 6.99. The average molecular weight is 625 g/mol. The predicted molar refractivity (Wildman–Crippen MR) is 175 cm³/mol. The van der Waals surface area contributed by atoms with E-state index < -0.39 is 17.7 Å². The van der Waals surface area contributed by atoms with Crippen LogP contribution in [0.5, 0.6) is 11.5 Å². The fourth-order valence-corrected chi connectivity index (χ4v) is 6.27. The number of aliphatic hydroxyl groups is 1. The third-order valence-electron chi connectivity index (χ3n) is 7.58. The molecule has 1 saturated heterocycles. The molecule has 1 aromatic heterocycles. The van der Waals surface area contributed by atoms with Gasteiger partial charge in [-0.1, -0.05) is 73.1 Å². The normalized spacial score (nSPS) is 15.8. The third-order valence-corrected chi connectivity index (χ3v) is 8.84. The Kier molecular flexibility index (Phi) is 9.78. The van der Waals surface area contributed by atoms with Gasteiger partial charge in [0.1, 0.15) is 23.9 Å². The summed E-state index contributed by atoms with van der Waals surface area (Å²) in [5, 5.41) is 11.8. The number of aliphatic hydroxyl groups excluding tert-OH is 1. The molecule has 0 radical (unpaired) electrons. The first-order valence-electron chi connectivity index (χ1n) is 15.0. The van der Waals surface area contributed by atoms with Gasteiger partial charge in [0.25, 0.3) is 5.78 Å². The number of hydrogen-bond acceptors (Lipinski definition) is 8. The number of rotatable bonds is 12. The molecule has 0 spiro atoms. The van der Waals surface area contributed by atoms with Gasteiger partial charge in [-0.3, -0.25) is 19.3 Å². The van der Waals surface area contributed by atoms with Crippen molar-refractivity contribution in [3.63, 3.8) is 0 Å². The lowest BCUT2D eigenvalue weighted by Crippen LogP contribution is -2.29. The highest BCUT2D eigenvalue weighted by molar-refractivity contribution is 7.18. The molecule has 3 aromatic carbocycles. The van der Waals surface area contributed by atoms with Crippen molar-refractivity contribution in [3.8, 4) is 11.5 Å². The van der Waals surface area contributed by atoms with Crippen LogP contribution in [0.2, 0.25) is 0 Å². The molecule has 1 N–H and O–H groups in total. The van der Waals surface area contributed by atoms with E-state index in [1.54, 1.807) is 55.5 Å². The number of aromatic nitrogens is 1. The summed E-state index contributed by atoms with van der Waals surface area (Å²) >= 11 is 1.05. The molecule has 4 aromatic rings. The van der Waals surface area contributed by atoms with E-state index in [1.807, 2.05) is 31.2 Å². The highest BCUT2D eigenvalue weighted by Gasteiger charge is 2.48. The number of carbonyl (C=O) groups excluding carboxylic acids is 3. The number of unbranched alkanes of at least 4 members (excludes halogenated alkanes) is 2. The highest BCUT2D eigenvalue weighted by Crippen LogP contribution is 2.44. The zero-order valence-corrected chi connectivity index (χ0v) is 26.6. The molecule has 0 aliphatic carbocycles. The monoisotopic (exact) mass is 624 g/mol. The molecule has 8 nitrogen and oxygen atoms in total. The highest BCUT2D eigenvalue weighted by atomic mass is 32.1. The number of carbonyl (C=O) groups is 3. The Labute approximate surface area is 267 Å². The number of amides is 1. The second-order valence-corrected chi connectivity index (χ2v) is 12.0. The summed E-state index contributed by atoms with van der Waals surface area (Å²) in [6.45, 7) is 8.24. The van der Waals surface area contributed by atoms with Crippen LogP contribution in [0.3, 0.4) is 0 Å². The van der Waals surface area contributed by atoms with Crippen LogP contribution in [-0.4, -0.2) is 34.2 Å². The summed E-state index contributed by atoms with van der Waals surface area (Å²) in [6, 6.07) is 20.9. The molecule has 1 aliphatic rings. The van der Waals surface area contributed by atoms with Crippen molar-refractivity contribution >= 4 is 39.7 Å². The van der Waals surface area contributed by atoms with Crippen molar-refractivity contribution in [3.05, 3.63) is 111 Å². The number of aryl methyl sites for hydroxylation is 2. The minimum atomic E-state index is -0.971. The number of Topliss-reactive ketones (excluding diaryl/α,β-unsaturated/α-hetero) is 2. The van der Waals surface area contributed by atoms with E-state index in [0.717, 1.165) is 41.7 Å². The largest absolute Gasteiger partial charge is 0.507 e. The lowest BCUT2D eigenvalue weighted by atomic mass is 9.95. The van der Waals surface area contributed by atoms with Crippen molar-refractivity contribution in [1.82, 2.24) is 4.98 Å². The minimum Gasteiger partial charge on any atom is -0.507 e. The van der Waals surface area contributed by atoms with Crippen LogP contribution >= 0.6 is 11.3 Å². The second-order valence-electron chi connectivity index (χ2n) is 11.1. The maximum atomic E-state index is 13.6. The lowest BCUT2D eigenvalue weighted by molar-refractivity contribution is -0.132. The van der Waals surface area contributed by atoms with E-state index in [1.165, 1.54) is 11.8 Å². The maximum Gasteiger partial charge on any atom is 0.301 e. The van der Waals surface area contributed by atoms with Gasteiger partial charge in [0.05, 0.1) is 28.8 Å². The van der Waals surface area contributed by atoms with Crippen molar-refractivity contribution in [2.45, 2.75) is 59.6 Å². The quantitative estimate of drug-likeness (QED) is 0.0565. The topological polar surface area (TPSA) is 106 Å². The van der Waals surface area contributed by atoms with Gasteiger partial charge in [0.2, 0.25) is 0 Å². The van der Waals surface area contributed by atoms with Gasteiger partial charge >= 0.3 is 5.91 Å².